The molecule has 1 fully saturated rings. The molecule has 1 aliphatic heterocycles. The Balaban J connectivity index is 1.89. The molecular formula is C15H15BrN2O2S. The van der Waals surface area contributed by atoms with Crippen molar-refractivity contribution in [1.82, 2.24) is 9.55 Å². The van der Waals surface area contributed by atoms with Gasteiger partial charge < -0.3 is 9.30 Å². The molecule has 1 aliphatic rings. The van der Waals surface area contributed by atoms with Crippen molar-refractivity contribution in [3.63, 3.8) is 0 Å². The smallest absolute Gasteiger partial charge is 0.319 e. The van der Waals surface area contributed by atoms with Gasteiger partial charge in [-0.2, -0.15) is 0 Å². The van der Waals surface area contributed by atoms with Crippen LogP contribution >= 0.6 is 27.7 Å². The van der Waals surface area contributed by atoms with Crippen LogP contribution in [0.25, 0.3) is 11.3 Å². The Morgan fingerprint density at radius 3 is 2.81 bits per heavy atom. The van der Waals surface area contributed by atoms with Crippen molar-refractivity contribution in [2.24, 2.45) is 0 Å². The fourth-order valence-corrected chi connectivity index (χ4v) is 3.69. The molecule has 0 spiro atoms. The molecule has 6 heteroatoms. The summed E-state index contributed by atoms with van der Waals surface area (Å²) in [6, 6.07) is 8.16. The number of carbonyl (C=O) groups is 1. The van der Waals surface area contributed by atoms with Crippen LogP contribution in [-0.4, -0.2) is 27.4 Å². The summed E-state index contributed by atoms with van der Waals surface area (Å²) in [6.45, 7) is 3.42. The lowest BCUT2D eigenvalue weighted by Crippen LogP contribution is -2.11. The lowest BCUT2D eigenvalue weighted by atomic mass is 10.2. The van der Waals surface area contributed by atoms with Crippen LogP contribution in [0.5, 0.6) is 0 Å². The minimum absolute atomic E-state index is 0.129. The third-order valence-electron chi connectivity index (χ3n) is 3.41. The van der Waals surface area contributed by atoms with Crippen LogP contribution < -0.4 is 0 Å². The first-order chi connectivity index (χ1) is 10.2. The van der Waals surface area contributed by atoms with Gasteiger partial charge in [0.15, 0.2) is 5.16 Å². The van der Waals surface area contributed by atoms with E-state index in [4.69, 9.17) is 4.74 Å². The second kappa shape index (κ2) is 6.23. The van der Waals surface area contributed by atoms with Gasteiger partial charge in [-0.05, 0) is 24.6 Å². The number of imidazole rings is 1. The molecule has 110 valence electrons. The van der Waals surface area contributed by atoms with Crippen LogP contribution in [0, 0.1) is 0 Å². The Bertz CT molecular complexity index is 654. The monoisotopic (exact) mass is 366 g/mol. The van der Waals surface area contributed by atoms with Crippen LogP contribution in [0.3, 0.4) is 0 Å². The number of hydrogen-bond acceptors (Lipinski definition) is 4. The summed E-state index contributed by atoms with van der Waals surface area (Å²) >= 11 is 4.94. The van der Waals surface area contributed by atoms with Crippen LogP contribution in [-0.2, 0) is 16.1 Å². The molecule has 2 aromatic rings. The molecule has 0 saturated carbocycles. The highest BCUT2D eigenvalue weighted by molar-refractivity contribution is 9.10. The van der Waals surface area contributed by atoms with E-state index in [2.05, 4.69) is 44.5 Å². The predicted molar refractivity (Wildman–Crippen MR) is 86.3 cm³/mol. The number of rotatable bonds is 4. The number of carbonyl (C=O) groups excluding carboxylic acids is 1. The average molecular weight is 367 g/mol. The summed E-state index contributed by atoms with van der Waals surface area (Å²) in [5.41, 5.74) is 2.19. The van der Waals surface area contributed by atoms with Gasteiger partial charge in [-0.25, -0.2) is 4.98 Å². The summed E-state index contributed by atoms with van der Waals surface area (Å²) in [7, 11) is 0. The van der Waals surface area contributed by atoms with Crippen molar-refractivity contribution in [2.45, 2.75) is 30.3 Å². The normalized spacial score (nSPS) is 18.0. The second-order valence-corrected chi connectivity index (χ2v) is 6.83. The number of thioether (sulfide) groups is 1. The van der Waals surface area contributed by atoms with Crippen LogP contribution in [0.2, 0.25) is 0 Å². The summed E-state index contributed by atoms with van der Waals surface area (Å²) in [6.07, 6.45) is 2.63. The molecule has 21 heavy (non-hydrogen) atoms. The number of aromatic nitrogens is 2. The highest BCUT2D eigenvalue weighted by Gasteiger charge is 2.29. The topological polar surface area (TPSA) is 44.1 Å². The first-order valence-electron chi connectivity index (χ1n) is 6.84. The first-order valence-corrected chi connectivity index (χ1v) is 8.51. The quantitative estimate of drug-likeness (QED) is 0.773. The highest BCUT2D eigenvalue weighted by atomic mass is 79.9. The van der Waals surface area contributed by atoms with E-state index >= 15 is 0 Å². The van der Waals surface area contributed by atoms with Gasteiger partial charge >= 0.3 is 5.97 Å². The minimum atomic E-state index is -0.129. The van der Waals surface area contributed by atoms with E-state index in [0.717, 1.165) is 33.9 Å². The SMILES string of the molecule is CCn1c(-c2ccc(Br)cc2)cnc1S[C@H]1CCOC1=O. The van der Waals surface area contributed by atoms with Gasteiger partial charge in [-0.15, -0.1) is 0 Å². The second-order valence-electron chi connectivity index (χ2n) is 4.74. The molecule has 4 nitrogen and oxygen atoms in total. The van der Waals surface area contributed by atoms with Crippen molar-refractivity contribution in [3.8, 4) is 11.3 Å². The Morgan fingerprint density at radius 2 is 2.19 bits per heavy atom. The minimum Gasteiger partial charge on any atom is -0.465 e. The van der Waals surface area contributed by atoms with Crippen molar-refractivity contribution < 1.29 is 9.53 Å². The van der Waals surface area contributed by atoms with E-state index in [1.54, 1.807) is 0 Å². The number of cyclic esters (lactones) is 1. The molecule has 1 saturated heterocycles. The van der Waals surface area contributed by atoms with Gasteiger partial charge in [0.2, 0.25) is 0 Å². The molecule has 0 bridgehead atoms. The van der Waals surface area contributed by atoms with Gasteiger partial charge in [0, 0.05) is 17.4 Å². The lowest BCUT2D eigenvalue weighted by molar-refractivity contribution is -0.137. The predicted octanol–water partition coefficient (Wildman–Crippen LogP) is 3.74. The molecule has 0 radical (unpaired) electrons. The summed E-state index contributed by atoms with van der Waals surface area (Å²) in [4.78, 5) is 16.1. The number of ether oxygens (including phenoxy) is 1. The number of hydrogen-bond donors (Lipinski definition) is 0. The van der Waals surface area contributed by atoms with Gasteiger partial charge in [-0.3, -0.25) is 4.79 Å². The van der Waals surface area contributed by atoms with Crippen LogP contribution in [0.1, 0.15) is 13.3 Å². The molecule has 0 unspecified atom stereocenters. The zero-order valence-electron chi connectivity index (χ0n) is 11.6. The van der Waals surface area contributed by atoms with Crippen LogP contribution in [0.4, 0.5) is 0 Å². The van der Waals surface area contributed by atoms with Gasteiger partial charge in [-0.1, -0.05) is 39.8 Å². The average Bonchev–Trinajstić information content (AvgIpc) is 3.07. The molecule has 1 atom stereocenters. The maximum atomic E-state index is 11.6. The lowest BCUT2D eigenvalue weighted by Gasteiger charge is -2.10. The number of esters is 1. The molecule has 0 amide bonds. The number of halogens is 1. The van der Waals surface area contributed by atoms with Crippen molar-refractivity contribution >= 4 is 33.7 Å². The standard InChI is InChI=1S/C15H15BrN2O2S/c1-2-18-12(10-3-5-11(16)6-4-10)9-17-15(18)21-13-7-8-20-14(13)19/h3-6,9,13H,2,7-8H2,1H3/t13-/m0/s1. The zero-order chi connectivity index (χ0) is 14.8. The fraction of sp³-hybridized carbons (Fsp3) is 0.333. The Hall–Kier alpha value is -1.27. The molecule has 0 aliphatic carbocycles. The Kier molecular flexibility index (Phi) is 4.35. The van der Waals surface area contributed by atoms with E-state index in [9.17, 15) is 4.79 Å². The van der Waals surface area contributed by atoms with E-state index in [1.807, 2.05) is 18.3 Å². The first kappa shape index (κ1) is 14.7. The molecule has 1 aromatic heterocycles. The van der Waals surface area contributed by atoms with Gasteiger partial charge in [0.05, 0.1) is 18.5 Å². The maximum absolute atomic E-state index is 11.6. The molecule has 0 N–H and O–H groups in total. The zero-order valence-corrected chi connectivity index (χ0v) is 14.0. The highest BCUT2D eigenvalue weighted by Crippen LogP contribution is 2.32. The van der Waals surface area contributed by atoms with Crippen LogP contribution in [0.15, 0.2) is 40.1 Å². The van der Waals surface area contributed by atoms with Gasteiger partial charge in [0.1, 0.15) is 5.25 Å². The summed E-state index contributed by atoms with van der Waals surface area (Å²) in [5.74, 6) is -0.129. The van der Waals surface area contributed by atoms with Crippen molar-refractivity contribution in [2.75, 3.05) is 6.61 Å². The van der Waals surface area contributed by atoms with E-state index in [1.165, 1.54) is 11.8 Å². The third kappa shape index (κ3) is 3.01. The molecule has 3 rings (SSSR count). The van der Waals surface area contributed by atoms with E-state index in [0.29, 0.717) is 6.61 Å². The molecule has 1 aromatic carbocycles. The number of benzene rings is 1. The van der Waals surface area contributed by atoms with Gasteiger partial charge in [0.25, 0.3) is 0 Å². The summed E-state index contributed by atoms with van der Waals surface area (Å²) in [5, 5.41) is 0.745. The Morgan fingerprint density at radius 1 is 1.43 bits per heavy atom. The Labute approximate surface area is 136 Å². The largest absolute Gasteiger partial charge is 0.465 e. The van der Waals surface area contributed by atoms with E-state index < -0.39 is 0 Å². The van der Waals surface area contributed by atoms with Crippen molar-refractivity contribution in [1.29, 1.82) is 0 Å². The molecular weight excluding hydrogens is 352 g/mol. The third-order valence-corrected chi connectivity index (χ3v) is 5.19. The number of nitrogens with zero attached hydrogens (tertiary/aromatic N) is 2. The fourth-order valence-electron chi connectivity index (χ4n) is 2.32. The van der Waals surface area contributed by atoms with Crippen molar-refractivity contribution in [3.05, 3.63) is 34.9 Å². The van der Waals surface area contributed by atoms with E-state index in [-0.39, 0.29) is 11.2 Å². The summed E-state index contributed by atoms with van der Waals surface area (Å²) < 4.78 is 8.21. The molecule has 2 heterocycles. The maximum Gasteiger partial charge on any atom is 0.319 e.